The van der Waals surface area contributed by atoms with Crippen LogP contribution in [0.3, 0.4) is 0 Å². The monoisotopic (exact) mass is 439 g/mol. The molecular formula is C20H23Cl2N3O2S. The SMILES string of the molecule is O=C(NCc1ccc(Cl)c(Cl)c1)c1cccc(OCNCC2CC(S)CN2)c1. The van der Waals surface area contributed by atoms with Crippen LogP contribution in [0.25, 0.3) is 0 Å². The average molecular weight is 440 g/mol. The topological polar surface area (TPSA) is 62.4 Å². The Hall–Kier alpha value is -1.44. The Morgan fingerprint density at radius 2 is 2.07 bits per heavy atom. The maximum absolute atomic E-state index is 12.4. The van der Waals surface area contributed by atoms with Crippen molar-refractivity contribution in [1.82, 2.24) is 16.0 Å². The van der Waals surface area contributed by atoms with Gasteiger partial charge in [-0.3, -0.25) is 10.1 Å². The number of ether oxygens (including phenoxy) is 1. The van der Waals surface area contributed by atoms with E-state index in [1.54, 1.807) is 30.3 Å². The molecule has 1 aliphatic heterocycles. The lowest BCUT2D eigenvalue weighted by Crippen LogP contribution is -2.35. The summed E-state index contributed by atoms with van der Waals surface area (Å²) in [6.07, 6.45) is 1.05. The smallest absolute Gasteiger partial charge is 0.251 e. The van der Waals surface area contributed by atoms with E-state index < -0.39 is 0 Å². The Kier molecular flexibility index (Phi) is 7.88. The third-order valence-electron chi connectivity index (χ3n) is 4.46. The predicted octanol–water partition coefficient (Wildman–Crippen LogP) is 3.51. The number of hydrogen-bond acceptors (Lipinski definition) is 5. The number of nitrogens with one attached hydrogen (secondary N) is 3. The van der Waals surface area contributed by atoms with Gasteiger partial charge in [-0.25, -0.2) is 0 Å². The summed E-state index contributed by atoms with van der Waals surface area (Å²) in [4.78, 5) is 12.4. The quantitative estimate of drug-likeness (QED) is 0.288. The third kappa shape index (κ3) is 6.29. The highest BCUT2D eigenvalue weighted by molar-refractivity contribution is 7.81. The number of halogens is 2. The van der Waals surface area contributed by atoms with E-state index in [0.29, 0.717) is 45.9 Å². The second kappa shape index (κ2) is 10.4. The van der Waals surface area contributed by atoms with Crippen LogP contribution in [0.2, 0.25) is 10.0 Å². The summed E-state index contributed by atoms with van der Waals surface area (Å²) in [5.74, 6) is 0.459. The second-order valence-electron chi connectivity index (χ2n) is 6.70. The molecule has 5 nitrogen and oxygen atoms in total. The lowest BCUT2D eigenvalue weighted by molar-refractivity contribution is 0.0950. The summed E-state index contributed by atoms with van der Waals surface area (Å²) in [7, 11) is 0. The van der Waals surface area contributed by atoms with Crippen molar-refractivity contribution in [2.24, 2.45) is 0 Å². The van der Waals surface area contributed by atoms with Crippen LogP contribution >= 0.6 is 35.8 Å². The summed E-state index contributed by atoms with van der Waals surface area (Å²) < 4.78 is 5.71. The summed E-state index contributed by atoms with van der Waals surface area (Å²) in [5.41, 5.74) is 1.41. The average Bonchev–Trinajstić information content (AvgIpc) is 3.11. The zero-order valence-electron chi connectivity index (χ0n) is 15.3. The number of rotatable bonds is 8. The predicted molar refractivity (Wildman–Crippen MR) is 117 cm³/mol. The maximum Gasteiger partial charge on any atom is 0.251 e. The highest BCUT2D eigenvalue weighted by Crippen LogP contribution is 2.22. The summed E-state index contributed by atoms with van der Waals surface area (Å²) >= 11 is 16.4. The molecule has 2 aromatic carbocycles. The molecule has 0 aliphatic carbocycles. The molecule has 8 heteroatoms. The van der Waals surface area contributed by atoms with E-state index in [9.17, 15) is 4.79 Å². The fourth-order valence-electron chi connectivity index (χ4n) is 2.98. The summed E-state index contributed by atoms with van der Waals surface area (Å²) in [5, 5.41) is 10.9. The van der Waals surface area contributed by atoms with Gasteiger partial charge in [0.2, 0.25) is 0 Å². The largest absolute Gasteiger partial charge is 0.478 e. The zero-order chi connectivity index (χ0) is 19.9. The van der Waals surface area contributed by atoms with Gasteiger partial charge < -0.3 is 15.4 Å². The Labute approximate surface area is 180 Å². The van der Waals surface area contributed by atoms with E-state index in [2.05, 4.69) is 28.6 Å². The van der Waals surface area contributed by atoms with Crippen molar-refractivity contribution in [3.63, 3.8) is 0 Å². The van der Waals surface area contributed by atoms with Gasteiger partial charge in [-0.2, -0.15) is 12.6 Å². The van der Waals surface area contributed by atoms with Crippen LogP contribution in [0.1, 0.15) is 22.3 Å². The summed E-state index contributed by atoms with van der Waals surface area (Å²) in [6, 6.07) is 12.8. The van der Waals surface area contributed by atoms with Crippen LogP contribution in [-0.2, 0) is 6.54 Å². The minimum Gasteiger partial charge on any atom is -0.478 e. The van der Waals surface area contributed by atoms with Crippen molar-refractivity contribution in [2.45, 2.75) is 24.3 Å². The van der Waals surface area contributed by atoms with Crippen molar-refractivity contribution in [3.8, 4) is 5.75 Å². The van der Waals surface area contributed by atoms with Gasteiger partial charge >= 0.3 is 0 Å². The number of carbonyl (C=O) groups excluding carboxylic acids is 1. The van der Waals surface area contributed by atoms with Gasteiger partial charge in [-0.15, -0.1) is 0 Å². The first-order valence-corrected chi connectivity index (χ1v) is 10.4. The normalized spacial score (nSPS) is 18.8. The molecule has 3 rings (SSSR count). The number of amides is 1. The fourth-order valence-corrected chi connectivity index (χ4v) is 3.66. The zero-order valence-corrected chi connectivity index (χ0v) is 17.7. The van der Waals surface area contributed by atoms with E-state index in [1.807, 2.05) is 12.1 Å². The van der Waals surface area contributed by atoms with Gasteiger partial charge in [0.25, 0.3) is 5.91 Å². The Morgan fingerprint density at radius 3 is 2.82 bits per heavy atom. The molecule has 0 aromatic heterocycles. The van der Waals surface area contributed by atoms with Crippen LogP contribution in [0.15, 0.2) is 42.5 Å². The van der Waals surface area contributed by atoms with Crippen molar-refractivity contribution in [2.75, 3.05) is 19.8 Å². The molecule has 0 bridgehead atoms. The van der Waals surface area contributed by atoms with E-state index in [4.69, 9.17) is 27.9 Å². The minimum absolute atomic E-state index is 0.181. The van der Waals surface area contributed by atoms with Crippen molar-refractivity contribution < 1.29 is 9.53 Å². The molecule has 150 valence electrons. The molecule has 0 spiro atoms. The Morgan fingerprint density at radius 1 is 1.21 bits per heavy atom. The molecular weight excluding hydrogens is 417 g/mol. The molecule has 1 saturated heterocycles. The van der Waals surface area contributed by atoms with Crippen LogP contribution in [0.5, 0.6) is 5.75 Å². The molecule has 2 aromatic rings. The number of thiol groups is 1. The molecule has 1 heterocycles. The van der Waals surface area contributed by atoms with Gasteiger partial charge in [0.15, 0.2) is 0 Å². The van der Waals surface area contributed by atoms with Crippen LogP contribution in [-0.4, -0.2) is 37.0 Å². The van der Waals surface area contributed by atoms with Crippen LogP contribution in [0, 0.1) is 0 Å². The van der Waals surface area contributed by atoms with Crippen LogP contribution < -0.4 is 20.7 Å². The molecule has 0 radical (unpaired) electrons. The molecule has 2 unspecified atom stereocenters. The van der Waals surface area contributed by atoms with E-state index >= 15 is 0 Å². The van der Waals surface area contributed by atoms with Gasteiger partial charge in [0, 0.05) is 36.5 Å². The maximum atomic E-state index is 12.4. The molecule has 1 amide bonds. The summed E-state index contributed by atoms with van der Waals surface area (Å²) in [6.45, 7) is 2.50. The first-order chi connectivity index (χ1) is 13.5. The molecule has 3 N–H and O–H groups in total. The number of benzene rings is 2. The van der Waals surface area contributed by atoms with Gasteiger partial charge in [-0.05, 0) is 42.3 Å². The molecule has 28 heavy (non-hydrogen) atoms. The van der Waals surface area contributed by atoms with Gasteiger partial charge in [0.1, 0.15) is 12.5 Å². The lowest BCUT2D eigenvalue weighted by atomic mass is 10.2. The highest BCUT2D eigenvalue weighted by Gasteiger charge is 2.20. The Bertz CT molecular complexity index is 822. The first kappa shape index (κ1) is 21.3. The fraction of sp³-hybridized carbons (Fsp3) is 0.350. The number of carbonyl (C=O) groups is 1. The minimum atomic E-state index is -0.181. The van der Waals surface area contributed by atoms with Crippen molar-refractivity contribution in [1.29, 1.82) is 0 Å². The highest BCUT2D eigenvalue weighted by atomic mass is 35.5. The molecule has 2 atom stereocenters. The molecule has 1 aliphatic rings. The van der Waals surface area contributed by atoms with E-state index in [-0.39, 0.29) is 5.91 Å². The molecule has 0 saturated carbocycles. The van der Waals surface area contributed by atoms with E-state index in [0.717, 1.165) is 25.1 Å². The standard InChI is InChI=1S/C20H23Cl2N3O2S/c21-18-5-4-13(6-19(18)22)9-25-20(26)14-2-1-3-16(7-14)27-12-23-10-15-8-17(28)11-24-15/h1-7,15,17,23-24,28H,8-12H2,(H,25,26). The number of hydrogen-bond donors (Lipinski definition) is 4. The first-order valence-electron chi connectivity index (χ1n) is 9.08. The van der Waals surface area contributed by atoms with Crippen LogP contribution in [0.4, 0.5) is 0 Å². The van der Waals surface area contributed by atoms with Crippen molar-refractivity contribution >= 4 is 41.7 Å². The molecule has 1 fully saturated rings. The van der Waals surface area contributed by atoms with Gasteiger partial charge in [-0.1, -0.05) is 35.3 Å². The third-order valence-corrected chi connectivity index (χ3v) is 5.60. The van der Waals surface area contributed by atoms with Crippen molar-refractivity contribution in [3.05, 3.63) is 63.6 Å². The van der Waals surface area contributed by atoms with Gasteiger partial charge in [0.05, 0.1) is 10.0 Å². The van der Waals surface area contributed by atoms with E-state index in [1.165, 1.54) is 0 Å². The second-order valence-corrected chi connectivity index (χ2v) is 8.24. The Balaban J connectivity index is 1.45. The lowest BCUT2D eigenvalue weighted by Gasteiger charge is -2.13.